The summed E-state index contributed by atoms with van der Waals surface area (Å²) in [6.45, 7) is 3.58. The summed E-state index contributed by atoms with van der Waals surface area (Å²) in [7, 11) is 1.60. The molecule has 1 amide bonds. The highest BCUT2D eigenvalue weighted by molar-refractivity contribution is 9.10. The van der Waals surface area contributed by atoms with Crippen molar-refractivity contribution >= 4 is 21.8 Å². The minimum absolute atomic E-state index is 0.0427. The SMILES string of the molecule is CCC1CN(C(=O)c2cc(OC)ccc2Br)CCC1N. The van der Waals surface area contributed by atoms with Gasteiger partial charge in [-0.25, -0.2) is 0 Å². The Morgan fingerprint density at radius 3 is 2.95 bits per heavy atom. The molecule has 2 atom stereocenters. The van der Waals surface area contributed by atoms with Gasteiger partial charge < -0.3 is 15.4 Å². The normalized spacial score (nSPS) is 22.7. The van der Waals surface area contributed by atoms with Gasteiger partial charge in [0, 0.05) is 23.6 Å². The molecule has 2 N–H and O–H groups in total. The van der Waals surface area contributed by atoms with Crippen LogP contribution in [0.25, 0.3) is 0 Å². The Kier molecular flexibility index (Phi) is 5.05. The maximum atomic E-state index is 12.7. The van der Waals surface area contributed by atoms with Gasteiger partial charge in [-0.1, -0.05) is 13.3 Å². The van der Waals surface area contributed by atoms with Crippen molar-refractivity contribution in [3.8, 4) is 5.75 Å². The van der Waals surface area contributed by atoms with Crippen LogP contribution >= 0.6 is 15.9 Å². The van der Waals surface area contributed by atoms with Crippen molar-refractivity contribution < 1.29 is 9.53 Å². The lowest BCUT2D eigenvalue weighted by molar-refractivity contribution is 0.0648. The third-order valence-corrected chi connectivity index (χ3v) is 4.70. The van der Waals surface area contributed by atoms with Crippen molar-refractivity contribution in [2.24, 2.45) is 11.7 Å². The smallest absolute Gasteiger partial charge is 0.255 e. The van der Waals surface area contributed by atoms with Crippen LogP contribution in [0.5, 0.6) is 5.75 Å². The van der Waals surface area contributed by atoms with Gasteiger partial charge in [-0.15, -0.1) is 0 Å². The molecule has 0 bridgehead atoms. The molecule has 0 radical (unpaired) electrons. The summed E-state index contributed by atoms with van der Waals surface area (Å²) < 4.78 is 5.99. The van der Waals surface area contributed by atoms with E-state index in [1.807, 2.05) is 17.0 Å². The number of ether oxygens (including phenoxy) is 1. The summed E-state index contributed by atoms with van der Waals surface area (Å²) in [6.07, 6.45) is 1.87. The Hall–Kier alpha value is -1.07. The van der Waals surface area contributed by atoms with Crippen LogP contribution in [0, 0.1) is 5.92 Å². The average molecular weight is 341 g/mol. The van der Waals surface area contributed by atoms with Crippen molar-refractivity contribution in [3.05, 3.63) is 28.2 Å². The van der Waals surface area contributed by atoms with Gasteiger partial charge in [0.15, 0.2) is 0 Å². The Morgan fingerprint density at radius 2 is 2.30 bits per heavy atom. The number of piperidine rings is 1. The van der Waals surface area contributed by atoms with E-state index in [1.165, 1.54) is 0 Å². The lowest BCUT2D eigenvalue weighted by atomic mass is 9.90. The summed E-state index contributed by atoms with van der Waals surface area (Å²) in [4.78, 5) is 14.6. The summed E-state index contributed by atoms with van der Waals surface area (Å²) in [5, 5.41) is 0. The van der Waals surface area contributed by atoms with Crippen LogP contribution in [0.1, 0.15) is 30.1 Å². The van der Waals surface area contributed by atoms with E-state index in [2.05, 4.69) is 22.9 Å². The van der Waals surface area contributed by atoms with Gasteiger partial charge in [0.05, 0.1) is 12.7 Å². The topological polar surface area (TPSA) is 55.6 Å². The second-order valence-electron chi connectivity index (χ2n) is 5.22. The average Bonchev–Trinajstić information content (AvgIpc) is 2.47. The van der Waals surface area contributed by atoms with Crippen LogP contribution in [0.3, 0.4) is 0 Å². The fourth-order valence-electron chi connectivity index (χ4n) is 2.63. The van der Waals surface area contributed by atoms with Crippen LogP contribution in [0.15, 0.2) is 22.7 Å². The molecule has 4 nitrogen and oxygen atoms in total. The number of methoxy groups -OCH3 is 1. The highest BCUT2D eigenvalue weighted by Gasteiger charge is 2.29. The van der Waals surface area contributed by atoms with E-state index in [4.69, 9.17) is 10.5 Å². The Morgan fingerprint density at radius 1 is 1.55 bits per heavy atom. The molecule has 0 saturated carbocycles. The van der Waals surface area contributed by atoms with Crippen LogP contribution < -0.4 is 10.5 Å². The van der Waals surface area contributed by atoms with E-state index in [-0.39, 0.29) is 11.9 Å². The third kappa shape index (κ3) is 3.15. The minimum atomic E-state index is 0.0427. The molecule has 2 unspecified atom stereocenters. The minimum Gasteiger partial charge on any atom is -0.497 e. The number of nitrogens with two attached hydrogens (primary N) is 1. The number of carbonyl (C=O) groups is 1. The number of halogens is 1. The molecule has 1 fully saturated rings. The van der Waals surface area contributed by atoms with Crippen molar-refractivity contribution in [2.75, 3.05) is 20.2 Å². The second kappa shape index (κ2) is 6.59. The number of amides is 1. The monoisotopic (exact) mass is 340 g/mol. The molecule has 5 heteroatoms. The van der Waals surface area contributed by atoms with Gasteiger partial charge in [-0.05, 0) is 46.5 Å². The molecule has 0 aromatic heterocycles. The van der Waals surface area contributed by atoms with Gasteiger partial charge in [-0.2, -0.15) is 0 Å². The molecule has 0 spiro atoms. The Bertz CT molecular complexity index is 493. The zero-order valence-electron chi connectivity index (χ0n) is 11.9. The summed E-state index contributed by atoms with van der Waals surface area (Å²) >= 11 is 3.44. The molecule has 1 aromatic rings. The number of likely N-dealkylation sites (tertiary alicyclic amines) is 1. The van der Waals surface area contributed by atoms with Crippen LogP contribution in [0.4, 0.5) is 0 Å². The Labute approximate surface area is 128 Å². The van der Waals surface area contributed by atoms with Crippen molar-refractivity contribution in [3.63, 3.8) is 0 Å². The largest absolute Gasteiger partial charge is 0.497 e. The maximum Gasteiger partial charge on any atom is 0.255 e. The molecule has 1 aliphatic heterocycles. The van der Waals surface area contributed by atoms with Gasteiger partial charge >= 0.3 is 0 Å². The first kappa shape index (κ1) is 15.3. The van der Waals surface area contributed by atoms with E-state index in [0.29, 0.717) is 17.2 Å². The summed E-state index contributed by atoms with van der Waals surface area (Å²) in [5.74, 6) is 1.12. The van der Waals surface area contributed by atoms with E-state index in [1.54, 1.807) is 13.2 Å². The van der Waals surface area contributed by atoms with Crippen molar-refractivity contribution in [2.45, 2.75) is 25.8 Å². The fraction of sp³-hybridized carbons (Fsp3) is 0.533. The van der Waals surface area contributed by atoms with Crippen molar-refractivity contribution in [1.82, 2.24) is 4.90 Å². The first-order chi connectivity index (χ1) is 9.56. The second-order valence-corrected chi connectivity index (χ2v) is 6.07. The molecule has 1 aliphatic rings. The van der Waals surface area contributed by atoms with E-state index < -0.39 is 0 Å². The molecular formula is C15H21BrN2O2. The highest BCUT2D eigenvalue weighted by Crippen LogP contribution is 2.26. The Balaban J connectivity index is 2.19. The number of hydrogen-bond donors (Lipinski definition) is 1. The van der Waals surface area contributed by atoms with Crippen LogP contribution in [-0.4, -0.2) is 37.0 Å². The predicted octanol–water partition coefficient (Wildman–Crippen LogP) is 2.66. The number of benzene rings is 1. The van der Waals surface area contributed by atoms with E-state index in [0.717, 1.165) is 30.4 Å². The van der Waals surface area contributed by atoms with E-state index >= 15 is 0 Å². The molecule has 2 rings (SSSR count). The van der Waals surface area contributed by atoms with Gasteiger partial charge in [0.1, 0.15) is 5.75 Å². The number of rotatable bonds is 3. The summed E-state index contributed by atoms with van der Waals surface area (Å²) in [5.41, 5.74) is 6.75. The lowest BCUT2D eigenvalue weighted by Gasteiger charge is -2.36. The number of hydrogen-bond acceptors (Lipinski definition) is 3. The van der Waals surface area contributed by atoms with Crippen LogP contribution in [-0.2, 0) is 0 Å². The number of carbonyl (C=O) groups excluding carboxylic acids is 1. The molecule has 20 heavy (non-hydrogen) atoms. The molecule has 1 saturated heterocycles. The van der Waals surface area contributed by atoms with Crippen molar-refractivity contribution in [1.29, 1.82) is 0 Å². The van der Waals surface area contributed by atoms with Gasteiger partial charge in [0.25, 0.3) is 5.91 Å². The molecule has 1 aromatic carbocycles. The molecule has 0 aliphatic carbocycles. The molecule has 1 heterocycles. The third-order valence-electron chi connectivity index (χ3n) is 4.01. The van der Waals surface area contributed by atoms with Crippen LogP contribution in [0.2, 0.25) is 0 Å². The standard InChI is InChI=1S/C15H21BrN2O2/c1-3-10-9-18(7-6-14(10)17)15(19)12-8-11(20-2)4-5-13(12)16/h4-5,8,10,14H,3,6-7,9,17H2,1-2H3. The van der Waals surface area contributed by atoms with Gasteiger partial charge in [-0.3, -0.25) is 4.79 Å². The van der Waals surface area contributed by atoms with E-state index in [9.17, 15) is 4.79 Å². The highest BCUT2D eigenvalue weighted by atomic mass is 79.9. The maximum absolute atomic E-state index is 12.7. The zero-order chi connectivity index (χ0) is 14.7. The summed E-state index contributed by atoms with van der Waals surface area (Å²) in [6, 6.07) is 5.67. The van der Waals surface area contributed by atoms with Gasteiger partial charge in [0.2, 0.25) is 0 Å². The predicted molar refractivity (Wildman–Crippen MR) is 83.0 cm³/mol. The molecular weight excluding hydrogens is 320 g/mol. The lowest BCUT2D eigenvalue weighted by Crippen LogP contribution is -2.49. The molecule has 110 valence electrons. The first-order valence-corrected chi connectivity index (χ1v) is 7.74. The first-order valence-electron chi connectivity index (χ1n) is 6.95. The quantitative estimate of drug-likeness (QED) is 0.920. The number of nitrogens with zero attached hydrogens (tertiary/aromatic N) is 1. The zero-order valence-corrected chi connectivity index (χ0v) is 13.5. The fourth-order valence-corrected chi connectivity index (χ4v) is 3.05.